The van der Waals surface area contributed by atoms with Crippen molar-refractivity contribution in [3.8, 4) is 0 Å². The third kappa shape index (κ3) is 6.02. The monoisotopic (exact) mass is 305 g/mol. The second kappa shape index (κ2) is 6.35. The molecule has 1 aliphatic heterocycles. The van der Waals surface area contributed by atoms with Gasteiger partial charge in [0.15, 0.2) is 0 Å². The Morgan fingerprint density at radius 1 is 1.40 bits per heavy atom. The summed E-state index contributed by atoms with van der Waals surface area (Å²) in [6.45, 7) is 2.48. The lowest BCUT2D eigenvalue weighted by Crippen LogP contribution is -2.24. The molecule has 0 N–H and O–H groups in total. The quantitative estimate of drug-likeness (QED) is 0.717. The summed E-state index contributed by atoms with van der Waals surface area (Å²) in [5.74, 6) is 0.824. The van der Waals surface area contributed by atoms with Gasteiger partial charge in [0.25, 0.3) is 0 Å². The molecule has 1 atom stereocenters. The van der Waals surface area contributed by atoms with E-state index in [9.17, 15) is 13.2 Å². The summed E-state index contributed by atoms with van der Waals surface area (Å²) in [6.07, 6.45) is 2.26. The first-order chi connectivity index (χ1) is 7.01. The summed E-state index contributed by atoms with van der Waals surface area (Å²) >= 11 is 3.47. The van der Waals surface area contributed by atoms with E-state index in [-0.39, 0.29) is 17.5 Å². The Kier molecular flexibility index (Phi) is 5.77. The highest BCUT2D eigenvalue weighted by Crippen LogP contribution is 2.30. The van der Waals surface area contributed by atoms with Crippen LogP contribution in [0.2, 0.25) is 0 Å². The average molecular weight is 306 g/mol. The number of rotatable bonds is 5. The predicted octanol–water partition coefficient (Wildman–Crippen LogP) is 3.35. The molecule has 1 saturated heterocycles. The van der Waals surface area contributed by atoms with E-state index in [0.29, 0.717) is 12.5 Å². The number of alkyl halides is 4. The van der Waals surface area contributed by atoms with Crippen LogP contribution in [0.3, 0.4) is 0 Å². The molecule has 6 heteroatoms. The first-order valence-corrected chi connectivity index (χ1v) is 7.11. The molecule has 1 fully saturated rings. The molecular formula is C9H15BrF3NS. The minimum absolute atomic E-state index is 0.0841. The molecule has 1 unspecified atom stereocenters. The topological polar surface area (TPSA) is 3.24 Å². The molecule has 0 aromatic carbocycles. The number of likely N-dealkylation sites (tertiary alicyclic amines) is 1. The van der Waals surface area contributed by atoms with Crippen molar-refractivity contribution in [2.75, 3.05) is 30.7 Å². The maximum absolute atomic E-state index is 11.9. The fourth-order valence-electron chi connectivity index (χ4n) is 1.80. The van der Waals surface area contributed by atoms with Gasteiger partial charge in [0.1, 0.15) is 0 Å². The van der Waals surface area contributed by atoms with E-state index in [0.717, 1.165) is 31.3 Å². The molecule has 15 heavy (non-hydrogen) atoms. The molecule has 1 nitrogen and oxygen atoms in total. The maximum Gasteiger partial charge on any atom is 0.441 e. The van der Waals surface area contributed by atoms with E-state index in [2.05, 4.69) is 20.8 Å². The Labute approximate surface area is 101 Å². The largest absolute Gasteiger partial charge is 0.441 e. The second-order valence-corrected chi connectivity index (χ2v) is 5.68. The van der Waals surface area contributed by atoms with Crippen LogP contribution in [0.1, 0.15) is 12.8 Å². The highest BCUT2D eigenvalue weighted by molar-refractivity contribution is 9.09. The Bertz CT molecular complexity index is 189. The van der Waals surface area contributed by atoms with Crippen LogP contribution in [0.25, 0.3) is 0 Å². The number of hydrogen-bond donors (Lipinski definition) is 0. The van der Waals surface area contributed by atoms with Gasteiger partial charge in [-0.2, -0.15) is 13.2 Å². The number of nitrogens with zero attached hydrogens (tertiary/aromatic N) is 1. The third-order valence-electron chi connectivity index (χ3n) is 2.56. The van der Waals surface area contributed by atoms with Crippen LogP contribution in [0, 0.1) is 5.92 Å². The van der Waals surface area contributed by atoms with Crippen molar-refractivity contribution in [3.63, 3.8) is 0 Å². The molecule has 0 radical (unpaired) electrons. The van der Waals surface area contributed by atoms with Crippen LogP contribution in [0.4, 0.5) is 13.2 Å². The second-order valence-electron chi connectivity index (χ2n) is 3.73. The first kappa shape index (κ1) is 13.6. The van der Waals surface area contributed by atoms with Gasteiger partial charge in [0, 0.05) is 24.2 Å². The Morgan fingerprint density at radius 3 is 2.73 bits per heavy atom. The van der Waals surface area contributed by atoms with Gasteiger partial charge in [-0.15, -0.1) is 0 Å². The summed E-state index contributed by atoms with van der Waals surface area (Å²) < 4.78 is 35.6. The lowest BCUT2D eigenvalue weighted by Gasteiger charge is -2.15. The lowest BCUT2D eigenvalue weighted by molar-refractivity contribution is -0.0328. The van der Waals surface area contributed by atoms with Gasteiger partial charge in [-0.3, -0.25) is 0 Å². The number of hydrogen-bond acceptors (Lipinski definition) is 2. The van der Waals surface area contributed by atoms with E-state index in [1.54, 1.807) is 0 Å². The molecule has 0 bridgehead atoms. The zero-order valence-electron chi connectivity index (χ0n) is 8.39. The zero-order chi connectivity index (χ0) is 11.3. The molecule has 90 valence electrons. The van der Waals surface area contributed by atoms with Gasteiger partial charge in [-0.1, -0.05) is 15.9 Å². The summed E-state index contributed by atoms with van der Waals surface area (Å²) in [5, 5.41) is 0.989. The number of thioether (sulfide) groups is 1. The van der Waals surface area contributed by atoms with Crippen LogP contribution >= 0.6 is 27.7 Å². The van der Waals surface area contributed by atoms with Gasteiger partial charge >= 0.3 is 5.51 Å². The molecule has 1 aliphatic rings. The molecule has 0 aromatic heterocycles. The summed E-state index contributed by atoms with van der Waals surface area (Å²) in [7, 11) is 0. The summed E-state index contributed by atoms with van der Waals surface area (Å²) in [5.41, 5.74) is -4.07. The maximum atomic E-state index is 11.9. The van der Waals surface area contributed by atoms with Crippen LogP contribution in [0.15, 0.2) is 0 Å². The molecule has 1 heterocycles. The smallest absolute Gasteiger partial charge is 0.302 e. The minimum Gasteiger partial charge on any atom is -0.302 e. The fraction of sp³-hybridized carbons (Fsp3) is 1.00. The van der Waals surface area contributed by atoms with Gasteiger partial charge in [0.2, 0.25) is 0 Å². The predicted molar refractivity (Wildman–Crippen MR) is 61.5 cm³/mol. The van der Waals surface area contributed by atoms with Crippen molar-refractivity contribution in [3.05, 3.63) is 0 Å². The standard InChI is InChI=1S/C9H15BrF3NS/c10-3-1-8-2-4-14(7-8)5-6-15-9(11,12)13/h8H,1-7H2. The highest BCUT2D eigenvalue weighted by Gasteiger charge is 2.29. The Hall–Kier alpha value is 0.580. The summed E-state index contributed by atoms with van der Waals surface area (Å²) in [4.78, 5) is 2.13. The normalized spacial score (nSPS) is 23.6. The van der Waals surface area contributed by atoms with Crippen LogP contribution in [-0.2, 0) is 0 Å². The molecule has 0 amide bonds. The Balaban J connectivity index is 2.09. The third-order valence-corrected chi connectivity index (χ3v) is 3.73. The van der Waals surface area contributed by atoms with Crippen molar-refractivity contribution in [1.82, 2.24) is 4.90 Å². The van der Waals surface area contributed by atoms with Crippen molar-refractivity contribution < 1.29 is 13.2 Å². The van der Waals surface area contributed by atoms with Crippen LogP contribution in [-0.4, -0.2) is 41.1 Å². The van der Waals surface area contributed by atoms with E-state index >= 15 is 0 Å². The SMILES string of the molecule is FC(F)(F)SCCN1CCC(CCBr)C1. The Morgan fingerprint density at radius 2 is 2.13 bits per heavy atom. The molecule has 1 rings (SSSR count). The van der Waals surface area contributed by atoms with Crippen LogP contribution in [0.5, 0.6) is 0 Å². The van der Waals surface area contributed by atoms with Gasteiger partial charge in [-0.25, -0.2) is 0 Å². The summed E-state index contributed by atoms with van der Waals surface area (Å²) in [6, 6.07) is 0. The fourth-order valence-corrected chi connectivity index (χ4v) is 3.02. The van der Waals surface area contributed by atoms with E-state index in [4.69, 9.17) is 0 Å². The number of halogens is 4. The van der Waals surface area contributed by atoms with E-state index < -0.39 is 5.51 Å². The van der Waals surface area contributed by atoms with Gasteiger partial charge in [0.05, 0.1) is 0 Å². The van der Waals surface area contributed by atoms with Crippen LogP contribution < -0.4 is 0 Å². The minimum atomic E-state index is -4.07. The van der Waals surface area contributed by atoms with Crippen molar-refractivity contribution in [2.45, 2.75) is 18.3 Å². The van der Waals surface area contributed by atoms with Crippen molar-refractivity contribution in [1.29, 1.82) is 0 Å². The first-order valence-electron chi connectivity index (χ1n) is 5.00. The molecule has 0 saturated carbocycles. The lowest BCUT2D eigenvalue weighted by atomic mass is 10.1. The average Bonchev–Trinajstić information content (AvgIpc) is 2.51. The van der Waals surface area contributed by atoms with E-state index in [1.807, 2.05) is 0 Å². The van der Waals surface area contributed by atoms with E-state index in [1.165, 1.54) is 0 Å². The molecule has 0 aliphatic carbocycles. The van der Waals surface area contributed by atoms with Gasteiger partial charge in [-0.05, 0) is 37.1 Å². The molecule has 0 spiro atoms. The highest BCUT2D eigenvalue weighted by atomic mass is 79.9. The van der Waals surface area contributed by atoms with Crippen molar-refractivity contribution in [2.24, 2.45) is 5.92 Å². The zero-order valence-corrected chi connectivity index (χ0v) is 10.8. The molecule has 0 aromatic rings. The molecular weight excluding hydrogens is 291 g/mol. The van der Waals surface area contributed by atoms with Crippen molar-refractivity contribution >= 4 is 27.7 Å². The van der Waals surface area contributed by atoms with Gasteiger partial charge < -0.3 is 4.90 Å².